The Morgan fingerprint density at radius 3 is 2.43 bits per heavy atom. The second-order valence-corrected chi connectivity index (χ2v) is 7.58. The number of methoxy groups -OCH3 is 1. The Morgan fingerprint density at radius 1 is 1.13 bits per heavy atom. The van der Waals surface area contributed by atoms with Crippen molar-refractivity contribution in [3.8, 4) is 5.75 Å². The van der Waals surface area contributed by atoms with Gasteiger partial charge in [-0.05, 0) is 47.7 Å². The predicted octanol–water partition coefficient (Wildman–Crippen LogP) is 3.61. The molecule has 2 aromatic rings. The Hall–Kier alpha value is -1.85. The van der Waals surface area contributed by atoms with E-state index in [1.165, 1.54) is 0 Å². The largest absolute Gasteiger partial charge is 0.496 e. The SMILES string of the molecule is COc1ccc(S(=O)(=O)NCc2ccccc2C)cc1C(C)C. The van der Waals surface area contributed by atoms with E-state index in [1.54, 1.807) is 25.3 Å². The molecule has 124 valence electrons. The van der Waals surface area contributed by atoms with Gasteiger partial charge in [0.2, 0.25) is 10.0 Å². The quantitative estimate of drug-likeness (QED) is 0.878. The lowest BCUT2D eigenvalue weighted by Gasteiger charge is -2.14. The summed E-state index contributed by atoms with van der Waals surface area (Å²) >= 11 is 0. The van der Waals surface area contributed by atoms with E-state index < -0.39 is 10.0 Å². The van der Waals surface area contributed by atoms with E-state index in [0.717, 1.165) is 16.7 Å². The number of rotatable bonds is 6. The van der Waals surface area contributed by atoms with E-state index in [1.807, 2.05) is 45.0 Å². The molecule has 4 nitrogen and oxygen atoms in total. The molecule has 0 amide bonds. The van der Waals surface area contributed by atoms with Crippen LogP contribution in [0.4, 0.5) is 0 Å². The van der Waals surface area contributed by atoms with Gasteiger partial charge in [-0.3, -0.25) is 0 Å². The third-order valence-corrected chi connectivity index (χ3v) is 5.25. The molecule has 23 heavy (non-hydrogen) atoms. The lowest BCUT2D eigenvalue weighted by Crippen LogP contribution is -2.23. The van der Waals surface area contributed by atoms with Crippen LogP contribution in [0.2, 0.25) is 0 Å². The van der Waals surface area contributed by atoms with Gasteiger partial charge in [0.15, 0.2) is 0 Å². The van der Waals surface area contributed by atoms with Gasteiger partial charge in [-0.15, -0.1) is 0 Å². The summed E-state index contributed by atoms with van der Waals surface area (Å²) in [4.78, 5) is 0.260. The van der Waals surface area contributed by atoms with Gasteiger partial charge in [-0.2, -0.15) is 0 Å². The maximum atomic E-state index is 12.5. The van der Waals surface area contributed by atoms with Crippen molar-refractivity contribution in [1.82, 2.24) is 4.72 Å². The minimum Gasteiger partial charge on any atom is -0.496 e. The molecule has 0 aliphatic carbocycles. The monoisotopic (exact) mass is 333 g/mol. The lowest BCUT2D eigenvalue weighted by atomic mass is 10.0. The molecule has 0 spiro atoms. The number of ether oxygens (including phenoxy) is 1. The fraction of sp³-hybridized carbons (Fsp3) is 0.333. The Bertz CT molecular complexity index is 783. The first-order valence-corrected chi connectivity index (χ1v) is 9.05. The molecule has 0 bridgehead atoms. The molecule has 0 aliphatic heterocycles. The fourth-order valence-corrected chi connectivity index (χ4v) is 3.44. The first kappa shape index (κ1) is 17.5. The summed E-state index contributed by atoms with van der Waals surface area (Å²) in [6.07, 6.45) is 0. The van der Waals surface area contributed by atoms with Crippen LogP contribution in [0.5, 0.6) is 5.75 Å². The molecule has 0 atom stereocenters. The van der Waals surface area contributed by atoms with Crippen molar-refractivity contribution >= 4 is 10.0 Å². The summed E-state index contributed by atoms with van der Waals surface area (Å²) in [6.45, 7) is 6.26. The average molecular weight is 333 g/mol. The van der Waals surface area contributed by atoms with Crippen LogP contribution in [0.15, 0.2) is 47.4 Å². The highest BCUT2D eigenvalue weighted by Gasteiger charge is 2.17. The molecule has 0 unspecified atom stereocenters. The zero-order chi connectivity index (χ0) is 17.0. The standard InChI is InChI=1S/C18H23NO3S/c1-13(2)17-11-16(9-10-18(17)22-4)23(20,21)19-12-15-8-6-5-7-14(15)3/h5-11,13,19H,12H2,1-4H3. The van der Waals surface area contributed by atoms with Gasteiger partial charge < -0.3 is 4.74 Å². The number of hydrogen-bond donors (Lipinski definition) is 1. The number of sulfonamides is 1. The Labute approximate surface area is 138 Å². The van der Waals surface area contributed by atoms with Crippen LogP contribution in [0.25, 0.3) is 0 Å². The normalized spacial score (nSPS) is 11.7. The minimum atomic E-state index is -3.56. The minimum absolute atomic E-state index is 0.177. The maximum absolute atomic E-state index is 12.5. The van der Waals surface area contributed by atoms with E-state index in [0.29, 0.717) is 5.75 Å². The average Bonchev–Trinajstić information content (AvgIpc) is 2.53. The third-order valence-electron chi connectivity index (χ3n) is 3.85. The van der Waals surface area contributed by atoms with E-state index in [2.05, 4.69) is 4.72 Å². The second-order valence-electron chi connectivity index (χ2n) is 5.81. The second kappa shape index (κ2) is 7.15. The smallest absolute Gasteiger partial charge is 0.240 e. The molecule has 0 aliphatic rings. The summed E-state index contributed by atoms with van der Waals surface area (Å²) in [6, 6.07) is 12.7. The van der Waals surface area contributed by atoms with Crippen LogP contribution >= 0.6 is 0 Å². The van der Waals surface area contributed by atoms with Crippen molar-refractivity contribution in [2.45, 2.75) is 38.1 Å². The van der Waals surface area contributed by atoms with Crippen LogP contribution < -0.4 is 9.46 Å². The van der Waals surface area contributed by atoms with E-state index in [9.17, 15) is 8.42 Å². The van der Waals surface area contributed by atoms with Crippen LogP contribution in [-0.2, 0) is 16.6 Å². The van der Waals surface area contributed by atoms with Gasteiger partial charge in [0, 0.05) is 6.54 Å². The van der Waals surface area contributed by atoms with Gasteiger partial charge in [0.25, 0.3) is 0 Å². The molecule has 0 saturated heterocycles. The molecule has 0 saturated carbocycles. The van der Waals surface area contributed by atoms with Crippen LogP contribution in [0.1, 0.15) is 36.5 Å². The zero-order valence-electron chi connectivity index (χ0n) is 14.0. The molecular formula is C18H23NO3S. The predicted molar refractivity (Wildman–Crippen MR) is 92.3 cm³/mol. The van der Waals surface area contributed by atoms with Gasteiger partial charge in [-0.25, -0.2) is 13.1 Å². The van der Waals surface area contributed by atoms with Crippen molar-refractivity contribution in [2.24, 2.45) is 0 Å². The molecule has 0 radical (unpaired) electrons. The highest BCUT2D eigenvalue weighted by Crippen LogP contribution is 2.28. The molecule has 0 heterocycles. The summed E-state index contributed by atoms with van der Waals surface area (Å²) in [5, 5.41) is 0. The van der Waals surface area contributed by atoms with E-state index in [4.69, 9.17) is 4.74 Å². The van der Waals surface area contributed by atoms with Gasteiger partial charge in [-0.1, -0.05) is 38.1 Å². The van der Waals surface area contributed by atoms with Crippen molar-refractivity contribution in [3.05, 3.63) is 59.2 Å². The Morgan fingerprint density at radius 2 is 1.83 bits per heavy atom. The molecule has 0 aromatic heterocycles. The van der Waals surface area contributed by atoms with Crippen molar-refractivity contribution in [1.29, 1.82) is 0 Å². The first-order valence-electron chi connectivity index (χ1n) is 7.57. The van der Waals surface area contributed by atoms with Crippen LogP contribution in [-0.4, -0.2) is 15.5 Å². The maximum Gasteiger partial charge on any atom is 0.240 e. The molecule has 1 N–H and O–H groups in total. The van der Waals surface area contributed by atoms with Gasteiger partial charge in [0.1, 0.15) is 5.75 Å². The van der Waals surface area contributed by atoms with E-state index in [-0.39, 0.29) is 17.4 Å². The Kier molecular flexibility index (Phi) is 5.44. The lowest BCUT2D eigenvalue weighted by molar-refractivity contribution is 0.407. The van der Waals surface area contributed by atoms with Crippen molar-refractivity contribution < 1.29 is 13.2 Å². The van der Waals surface area contributed by atoms with Crippen molar-refractivity contribution in [3.63, 3.8) is 0 Å². The van der Waals surface area contributed by atoms with Crippen molar-refractivity contribution in [2.75, 3.05) is 7.11 Å². The van der Waals surface area contributed by atoms with Gasteiger partial charge in [0.05, 0.1) is 12.0 Å². The molecular weight excluding hydrogens is 310 g/mol. The zero-order valence-corrected chi connectivity index (χ0v) is 14.8. The fourth-order valence-electron chi connectivity index (χ4n) is 2.40. The first-order chi connectivity index (χ1) is 10.8. The number of benzene rings is 2. The van der Waals surface area contributed by atoms with Crippen LogP contribution in [0.3, 0.4) is 0 Å². The number of aryl methyl sites for hydroxylation is 1. The number of nitrogens with one attached hydrogen (secondary N) is 1. The summed E-state index contributed by atoms with van der Waals surface area (Å²) in [7, 11) is -1.97. The van der Waals surface area contributed by atoms with Crippen LogP contribution in [0, 0.1) is 6.92 Å². The van der Waals surface area contributed by atoms with Gasteiger partial charge >= 0.3 is 0 Å². The Balaban J connectivity index is 2.26. The highest BCUT2D eigenvalue weighted by molar-refractivity contribution is 7.89. The highest BCUT2D eigenvalue weighted by atomic mass is 32.2. The molecule has 2 rings (SSSR count). The molecule has 2 aromatic carbocycles. The topological polar surface area (TPSA) is 55.4 Å². The van der Waals surface area contributed by atoms with E-state index >= 15 is 0 Å². The summed E-state index contributed by atoms with van der Waals surface area (Å²) < 4.78 is 33.1. The summed E-state index contributed by atoms with van der Waals surface area (Å²) in [5.74, 6) is 0.884. The number of hydrogen-bond acceptors (Lipinski definition) is 3. The summed E-state index contributed by atoms with van der Waals surface area (Å²) in [5.41, 5.74) is 2.91. The molecule has 0 fully saturated rings. The molecule has 5 heteroatoms. The third kappa shape index (κ3) is 4.12.